The van der Waals surface area contributed by atoms with E-state index in [1.54, 1.807) is 83.1 Å². The molecule has 21 heteroatoms. The van der Waals surface area contributed by atoms with Crippen LogP contribution in [0, 0.1) is 35.5 Å². The fraction of sp³-hybridized carbons (Fsp3) is 1.00. The molecule has 2 heterocycles. The zero-order chi connectivity index (χ0) is 48.9. The molecule has 5 nitrogen and oxygen atoms in total. The van der Waals surface area contributed by atoms with Gasteiger partial charge in [-0.3, -0.25) is 0 Å². The summed E-state index contributed by atoms with van der Waals surface area (Å²) in [5, 5.41) is -5.56. The van der Waals surface area contributed by atoms with Gasteiger partial charge in [-0.2, -0.15) is 0 Å². The van der Waals surface area contributed by atoms with E-state index in [0.29, 0.717) is 38.5 Å². The zero-order valence-electron chi connectivity index (χ0n) is 39.9. The van der Waals surface area contributed by atoms with Crippen molar-refractivity contribution in [2.75, 3.05) is 12.3 Å². The van der Waals surface area contributed by atoms with Crippen molar-refractivity contribution in [3.05, 3.63) is 0 Å². The van der Waals surface area contributed by atoms with E-state index in [0.717, 1.165) is 0 Å². The van der Waals surface area contributed by atoms with Crippen LogP contribution in [0.5, 0.6) is 0 Å². The van der Waals surface area contributed by atoms with Crippen LogP contribution in [0.25, 0.3) is 0 Å². The van der Waals surface area contributed by atoms with Crippen LogP contribution >= 0.6 is 14.1 Å². The number of halogens is 12. The molecular weight excluding hydrogens is 1040 g/mol. The van der Waals surface area contributed by atoms with Crippen molar-refractivity contribution in [3.8, 4) is 0 Å². The normalized spacial score (nSPS) is 41.3. The molecule has 0 amide bonds. The quantitative estimate of drug-likeness (QED) is 0.160. The van der Waals surface area contributed by atoms with E-state index in [1.807, 2.05) is 0 Å². The van der Waals surface area contributed by atoms with Gasteiger partial charge >= 0.3 is 386 Å². The van der Waals surface area contributed by atoms with E-state index >= 15 is 52.7 Å². The Morgan fingerprint density at radius 2 is 0.600 bits per heavy atom. The maximum absolute atomic E-state index is 16.5. The fourth-order valence-electron chi connectivity index (χ4n) is 16.1. The van der Waals surface area contributed by atoms with Gasteiger partial charge < -0.3 is 0 Å². The van der Waals surface area contributed by atoms with E-state index in [2.05, 4.69) is 0 Å². The second-order valence-electron chi connectivity index (χ2n) is 26.2. The molecule has 0 radical (unpaired) electrons. The molecule has 2 atom stereocenters. The molecule has 8 saturated carbocycles. The maximum atomic E-state index is 16.5. The van der Waals surface area contributed by atoms with Crippen LogP contribution in [0.4, 0.5) is 52.7 Å². The predicted octanol–water partition coefficient (Wildman–Crippen LogP) is 16.2. The average molecular weight is 1110 g/mol. The van der Waals surface area contributed by atoms with Gasteiger partial charge in [-0.1, -0.05) is 0 Å². The van der Waals surface area contributed by atoms with Gasteiger partial charge in [-0.15, -0.1) is 0 Å². The van der Waals surface area contributed by atoms with Gasteiger partial charge in [-0.05, 0) is 0 Å². The number of alkyl halides is 12. The third kappa shape index (κ3) is 7.27. The first-order valence-corrected chi connectivity index (χ1v) is 34.8. The van der Waals surface area contributed by atoms with Gasteiger partial charge in [0.25, 0.3) is 0 Å². The molecule has 10 aliphatic rings. The molecule has 2 unspecified atom stereocenters. The van der Waals surface area contributed by atoms with Crippen LogP contribution in [0.2, 0.25) is 8.49 Å². The average Bonchev–Trinajstić information content (AvgIpc) is 3.06. The molecule has 0 aromatic heterocycles. The number of nitrogens with zero attached hydrogens (tertiary/aromatic N) is 2. The monoisotopic (exact) mass is 1110 g/mol. The van der Waals surface area contributed by atoms with Crippen LogP contribution in [-0.2, 0) is 10.3 Å². The molecule has 8 bridgehead atoms. The van der Waals surface area contributed by atoms with Crippen molar-refractivity contribution in [3.63, 3.8) is 0 Å². The summed E-state index contributed by atoms with van der Waals surface area (Å²) in [6.07, 6.45) is -23.3. The first-order chi connectivity index (χ1) is 28.9. The minimum absolute atomic E-state index is 0.0747. The van der Waals surface area contributed by atoms with Crippen molar-refractivity contribution < 1.29 is 63.0 Å². The van der Waals surface area contributed by atoms with E-state index in [9.17, 15) is 0 Å². The summed E-state index contributed by atoms with van der Waals surface area (Å²) < 4.78 is 226. The number of rotatable bonds is 4. The Balaban J connectivity index is 1.62. The number of hydrogen-bond acceptors (Lipinski definition) is 5. The van der Waals surface area contributed by atoms with Crippen LogP contribution in [0.15, 0.2) is 7.40 Å². The third-order valence-corrected chi connectivity index (χ3v) is 55.6. The third-order valence-electron chi connectivity index (χ3n) is 18.1. The topological polar surface area (TPSA) is 52.4 Å². The van der Waals surface area contributed by atoms with Crippen molar-refractivity contribution in [2.24, 2.45) is 42.9 Å². The Hall–Kier alpha value is 0.586. The molecule has 8 fully saturated rings. The predicted molar refractivity (Wildman–Crippen MR) is 234 cm³/mol. The van der Waals surface area contributed by atoms with Gasteiger partial charge in [-0.25, -0.2) is 0 Å². The van der Waals surface area contributed by atoms with Gasteiger partial charge in [0.1, 0.15) is 0 Å². The molecule has 2 aliphatic heterocycles. The van der Waals surface area contributed by atoms with Crippen molar-refractivity contribution in [1.82, 2.24) is 0 Å². The van der Waals surface area contributed by atoms with Crippen molar-refractivity contribution in [2.45, 2.75) is 225 Å². The zero-order valence-corrected chi connectivity index (χ0v) is 45.9. The minimum atomic E-state index is -6.85. The van der Waals surface area contributed by atoms with E-state index < -0.39 is 120 Å². The van der Waals surface area contributed by atoms with Crippen molar-refractivity contribution >= 4 is 42.4 Å². The second kappa shape index (κ2) is 14.6. The molecule has 0 spiro atoms. The summed E-state index contributed by atoms with van der Waals surface area (Å²) in [5.41, 5.74) is -9.77. The molecule has 0 aromatic rings. The summed E-state index contributed by atoms with van der Waals surface area (Å²) in [5.74, 6) is -0.980. The van der Waals surface area contributed by atoms with Crippen molar-refractivity contribution in [1.29, 1.82) is 0 Å². The van der Waals surface area contributed by atoms with E-state index in [1.165, 1.54) is 0 Å². The second-order valence-corrected chi connectivity index (χ2v) is 51.1. The van der Waals surface area contributed by atoms with Crippen LogP contribution in [0.1, 0.15) is 160 Å². The molecular formula is C44H70F12Ge2N2O3P2. The summed E-state index contributed by atoms with van der Waals surface area (Å²) >= 11 is -13.7. The Labute approximate surface area is 384 Å². The van der Waals surface area contributed by atoms with Crippen LogP contribution < -0.4 is 0 Å². The summed E-state index contributed by atoms with van der Waals surface area (Å²) in [6, 6.07) is 0. The Morgan fingerprint density at radius 3 is 0.769 bits per heavy atom. The molecule has 0 N–H and O–H groups in total. The van der Waals surface area contributed by atoms with E-state index in [-0.39, 0.29) is 74.0 Å². The van der Waals surface area contributed by atoms with Crippen LogP contribution in [-0.4, -0.2) is 97.2 Å². The summed E-state index contributed by atoms with van der Waals surface area (Å²) in [4.78, 5) is 0. The first kappa shape index (κ1) is 51.9. The van der Waals surface area contributed by atoms with E-state index in [4.69, 9.17) is 17.7 Å². The van der Waals surface area contributed by atoms with Gasteiger partial charge in [0.15, 0.2) is 0 Å². The standard InChI is InChI=1S/C44H70F12Ge2N2O3P2/c1-33(2,3)64(34(4,5)6)25-39(41(45,46)47,42(48,49)50)61-57(59-64,37-19-27-13-28(20-37)15-29(14-27)21-37)63-58(38-22-30-16-31(23-38)18-32(17-30)24-38)60-65(35(7,8)9,36(10,11)12)26-40(62-58,43(51,52)53)44(54,55)56/h27-32H,13-26H2,1-12H3. The molecule has 10 rings (SSSR count). The summed E-state index contributed by atoms with van der Waals surface area (Å²) in [7, 11) is -8.33. The Bertz CT molecular complexity index is 1760. The molecule has 0 aromatic carbocycles. The molecule has 65 heavy (non-hydrogen) atoms. The Morgan fingerprint density at radius 1 is 0.400 bits per heavy atom. The fourth-order valence-corrected chi connectivity index (χ4v) is 70.6. The first-order valence-electron chi connectivity index (χ1n) is 23.5. The molecule has 0 saturated heterocycles. The molecule has 8 aliphatic carbocycles. The number of hydrogen-bond donors (Lipinski definition) is 0. The van der Waals surface area contributed by atoms with Gasteiger partial charge in [0, 0.05) is 0 Å². The molecule has 376 valence electrons. The van der Waals surface area contributed by atoms with Gasteiger partial charge in [0.05, 0.1) is 0 Å². The van der Waals surface area contributed by atoms with Crippen LogP contribution in [0.3, 0.4) is 0 Å². The van der Waals surface area contributed by atoms with Gasteiger partial charge in [0.2, 0.25) is 0 Å². The summed E-state index contributed by atoms with van der Waals surface area (Å²) in [6.45, 7) is 18.8. The Kier molecular flexibility index (Phi) is 11.7. The SMILES string of the molecule is CC(C)(C)P1(C(C)(C)C)=[N][Ge]([O][Ge]2([C]34CC5CC(CC(C5)C3)C4)[N]=P(C(C)(C)C)(C(C)(C)C)CC(C(F)(F)F)(C(F)(F)F)[O]2)([C]23CC4CC(CC(C4)C2)C3)[O]C(C(F)(F)F)(C(F)(F)F)C1.